The highest BCUT2D eigenvalue weighted by Gasteiger charge is 2.20. The number of aromatic nitrogens is 2. The normalized spacial score (nSPS) is 10.8. The highest BCUT2D eigenvalue weighted by molar-refractivity contribution is 5.48. The van der Waals surface area contributed by atoms with Gasteiger partial charge in [0.2, 0.25) is 5.88 Å². The zero-order valence-corrected chi connectivity index (χ0v) is 11.6. The molecule has 2 rings (SSSR count). The molecule has 1 N–H and O–H groups in total. The minimum absolute atomic E-state index is 0.0976. The van der Waals surface area contributed by atoms with Crippen LogP contribution in [0.3, 0.4) is 0 Å². The number of ether oxygens (including phenoxy) is 1. The predicted molar refractivity (Wildman–Crippen MR) is 68.1 cm³/mol. The van der Waals surface area contributed by atoms with E-state index in [9.17, 15) is 17.6 Å². The molecule has 0 saturated carbocycles. The van der Waals surface area contributed by atoms with Gasteiger partial charge in [0.05, 0.1) is 18.4 Å². The number of nitrogens with zero attached hydrogens (tertiary/aromatic N) is 2. The number of halogens is 4. The fourth-order valence-corrected chi connectivity index (χ4v) is 2.04. The third-order valence-electron chi connectivity index (χ3n) is 3.04. The molecule has 0 aliphatic carbocycles. The third kappa shape index (κ3) is 2.65. The van der Waals surface area contributed by atoms with Gasteiger partial charge in [-0.1, -0.05) is 0 Å². The van der Waals surface area contributed by atoms with Crippen LogP contribution in [0.2, 0.25) is 0 Å². The van der Waals surface area contributed by atoms with Crippen LogP contribution in [-0.2, 0) is 13.6 Å². The zero-order valence-electron chi connectivity index (χ0n) is 11.6. The lowest BCUT2D eigenvalue weighted by Crippen LogP contribution is -2.08. The summed E-state index contributed by atoms with van der Waals surface area (Å²) in [6.07, 6.45) is 0. The van der Waals surface area contributed by atoms with E-state index in [1.807, 2.05) is 0 Å². The van der Waals surface area contributed by atoms with Gasteiger partial charge in [0, 0.05) is 19.7 Å². The molecule has 1 aromatic carbocycles. The molecule has 1 heterocycles. The Morgan fingerprint density at radius 1 is 1.19 bits per heavy atom. The topological polar surface area (TPSA) is 39.1 Å². The van der Waals surface area contributed by atoms with Crippen LogP contribution in [-0.4, -0.2) is 16.9 Å². The van der Waals surface area contributed by atoms with Crippen LogP contribution >= 0.6 is 0 Å². The SMILES string of the molecule is COc1c(CNc2c(F)c(F)cc(F)c2F)c(C)nn1C. The number of benzene rings is 1. The summed E-state index contributed by atoms with van der Waals surface area (Å²) in [7, 11) is 3.06. The molecule has 0 amide bonds. The first-order valence-electron chi connectivity index (χ1n) is 6.00. The number of aryl methyl sites for hydroxylation is 2. The van der Waals surface area contributed by atoms with Crippen molar-refractivity contribution in [3.8, 4) is 5.88 Å². The second kappa shape index (κ2) is 5.63. The Labute approximate surface area is 118 Å². The lowest BCUT2D eigenvalue weighted by molar-refractivity contribution is 0.369. The smallest absolute Gasteiger partial charge is 0.216 e. The maximum absolute atomic E-state index is 13.5. The number of methoxy groups -OCH3 is 1. The van der Waals surface area contributed by atoms with Crippen LogP contribution in [0.5, 0.6) is 5.88 Å². The van der Waals surface area contributed by atoms with Gasteiger partial charge in [-0.05, 0) is 6.92 Å². The largest absolute Gasteiger partial charge is 0.481 e. The monoisotopic (exact) mass is 303 g/mol. The summed E-state index contributed by atoms with van der Waals surface area (Å²) in [6.45, 7) is 1.58. The van der Waals surface area contributed by atoms with E-state index < -0.39 is 29.0 Å². The molecule has 0 bridgehead atoms. The first-order chi connectivity index (χ1) is 9.86. The van der Waals surface area contributed by atoms with Crippen molar-refractivity contribution in [2.24, 2.45) is 7.05 Å². The molecule has 0 aliphatic heterocycles. The molecular formula is C13H13F4N3O. The summed E-state index contributed by atoms with van der Waals surface area (Å²) in [4.78, 5) is 0. The van der Waals surface area contributed by atoms with Crippen molar-refractivity contribution in [3.05, 3.63) is 40.6 Å². The van der Waals surface area contributed by atoms with E-state index in [1.165, 1.54) is 11.8 Å². The Morgan fingerprint density at radius 3 is 2.29 bits per heavy atom. The summed E-state index contributed by atoms with van der Waals surface area (Å²) >= 11 is 0. The molecule has 4 nitrogen and oxygen atoms in total. The average Bonchev–Trinajstić information content (AvgIpc) is 2.70. The first-order valence-corrected chi connectivity index (χ1v) is 6.00. The lowest BCUT2D eigenvalue weighted by atomic mass is 10.2. The number of hydrogen-bond acceptors (Lipinski definition) is 3. The van der Waals surface area contributed by atoms with E-state index in [0.29, 0.717) is 17.1 Å². The van der Waals surface area contributed by atoms with Crippen molar-refractivity contribution in [3.63, 3.8) is 0 Å². The molecule has 0 fully saturated rings. The summed E-state index contributed by atoms with van der Waals surface area (Å²) in [5.41, 5.74) is 0.237. The summed E-state index contributed by atoms with van der Waals surface area (Å²) in [5, 5.41) is 6.43. The van der Waals surface area contributed by atoms with Crippen molar-refractivity contribution in [1.29, 1.82) is 0 Å². The quantitative estimate of drug-likeness (QED) is 0.697. The zero-order chi connectivity index (χ0) is 15.7. The number of anilines is 1. The van der Waals surface area contributed by atoms with E-state index in [2.05, 4.69) is 10.4 Å². The van der Waals surface area contributed by atoms with Crippen molar-refractivity contribution in [2.45, 2.75) is 13.5 Å². The van der Waals surface area contributed by atoms with Crippen LogP contribution in [0, 0.1) is 30.2 Å². The Kier molecular flexibility index (Phi) is 4.06. The van der Waals surface area contributed by atoms with E-state index >= 15 is 0 Å². The van der Waals surface area contributed by atoms with Gasteiger partial charge in [-0.25, -0.2) is 22.2 Å². The predicted octanol–water partition coefficient (Wildman–Crippen LogP) is 2.91. The third-order valence-corrected chi connectivity index (χ3v) is 3.04. The molecule has 2 aromatic rings. The Hall–Kier alpha value is -2.25. The Bertz CT molecular complexity index is 659. The Morgan fingerprint density at radius 2 is 1.76 bits per heavy atom. The van der Waals surface area contributed by atoms with E-state index in [4.69, 9.17) is 4.74 Å². The minimum atomic E-state index is -1.48. The molecular weight excluding hydrogens is 290 g/mol. The number of hydrogen-bond donors (Lipinski definition) is 1. The van der Waals surface area contributed by atoms with E-state index in [1.54, 1.807) is 14.0 Å². The van der Waals surface area contributed by atoms with Gasteiger partial charge >= 0.3 is 0 Å². The van der Waals surface area contributed by atoms with Gasteiger partial charge in [0.25, 0.3) is 0 Å². The molecule has 114 valence electrons. The molecule has 0 unspecified atom stereocenters. The second-order valence-corrected chi connectivity index (χ2v) is 4.39. The van der Waals surface area contributed by atoms with Crippen molar-refractivity contribution >= 4 is 5.69 Å². The average molecular weight is 303 g/mol. The molecule has 0 aliphatic rings. The van der Waals surface area contributed by atoms with Gasteiger partial charge in [-0.15, -0.1) is 0 Å². The maximum atomic E-state index is 13.5. The highest BCUT2D eigenvalue weighted by Crippen LogP contribution is 2.27. The van der Waals surface area contributed by atoms with Crippen LogP contribution in [0.25, 0.3) is 0 Å². The second-order valence-electron chi connectivity index (χ2n) is 4.39. The van der Waals surface area contributed by atoms with Crippen molar-refractivity contribution < 1.29 is 22.3 Å². The first kappa shape index (κ1) is 15.1. The molecule has 0 spiro atoms. The summed E-state index contributed by atoms with van der Waals surface area (Å²) in [6, 6.07) is 0.158. The van der Waals surface area contributed by atoms with Gasteiger partial charge in [0.15, 0.2) is 23.3 Å². The van der Waals surface area contributed by atoms with E-state index in [-0.39, 0.29) is 12.6 Å². The van der Waals surface area contributed by atoms with Crippen molar-refractivity contribution in [1.82, 2.24) is 9.78 Å². The van der Waals surface area contributed by atoms with Gasteiger partial charge in [0.1, 0.15) is 5.69 Å². The molecule has 1 aromatic heterocycles. The molecule has 8 heteroatoms. The fraction of sp³-hybridized carbons (Fsp3) is 0.308. The van der Waals surface area contributed by atoms with Crippen molar-refractivity contribution in [2.75, 3.05) is 12.4 Å². The van der Waals surface area contributed by atoms with Gasteiger partial charge in [-0.2, -0.15) is 5.10 Å². The highest BCUT2D eigenvalue weighted by atomic mass is 19.2. The maximum Gasteiger partial charge on any atom is 0.216 e. The van der Waals surface area contributed by atoms with Crippen LogP contribution in [0.15, 0.2) is 6.07 Å². The van der Waals surface area contributed by atoms with E-state index in [0.717, 1.165) is 0 Å². The summed E-state index contributed by atoms with van der Waals surface area (Å²) < 4.78 is 59.9. The standard InChI is InChI=1S/C13H13F4N3O/c1-6-7(13(21-3)20(2)19-6)5-18-12-10(16)8(14)4-9(15)11(12)17/h4,18H,5H2,1-3H3. The lowest BCUT2D eigenvalue weighted by Gasteiger charge is -2.11. The molecule has 0 radical (unpaired) electrons. The van der Waals surface area contributed by atoms with Crippen LogP contribution in [0.1, 0.15) is 11.3 Å². The Balaban J connectivity index is 2.33. The van der Waals surface area contributed by atoms with Crippen LogP contribution in [0.4, 0.5) is 23.2 Å². The number of nitrogens with one attached hydrogen (secondary N) is 1. The van der Waals surface area contributed by atoms with Gasteiger partial charge in [-0.3, -0.25) is 0 Å². The summed E-state index contributed by atoms with van der Waals surface area (Å²) in [5.74, 6) is -5.50. The molecule has 0 atom stereocenters. The fourth-order valence-electron chi connectivity index (χ4n) is 2.04. The minimum Gasteiger partial charge on any atom is -0.481 e. The number of rotatable bonds is 4. The molecule has 21 heavy (non-hydrogen) atoms. The van der Waals surface area contributed by atoms with Crippen LogP contribution < -0.4 is 10.1 Å². The molecule has 0 saturated heterocycles. The van der Waals surface area contributed by atoms with Gasteiger partial charge < -0.3 is 10.1 Å².